The maximum Gasteiger partial charge on any atom is 0.308 e. The third kappa shape index (κ3) is 3.79. The normalized spacial score (nSPS) is 10.2. The molecule has 104 valence electrons. The van der Waals surface area contributed by atoms with Gasteiger partial charge in [-0.2, -0.15) is 0 Å². The van der Waals surface area contributed by atoms with E-state index in [-0.39, 0.29) is 12.1 Å². The molecule has 0 aliphatic heterocycles. The Morgan fingerprint density at radius 1 is 1.20 bits per heavy atom. The Morgan fingerprint density at radius 2 is 1.85 bits per heavy atom. The average molecular weight is 292 g/mol. The quantitative estimate of drug-likeness (QED) is 0.631. The largest absolute Gasteiger partial charge is 0.481 e. The minimum Gasteiger partial charge on any atom is -0.481 e. The number of nitrogens with one attached hydrogen (secondary N) is 1. The van der Waals surface area contributed by atoms with Crippen LogP contribution >= 0.6 is 11.3 Å². The molecule has 6 nitrogen and oxygen atoms in total. The van der Waals surface area contributed by atoms with Crippen LogP contribution in [0.4, 0.5) is 11.4 Å². The summed E-state index contributed by atoms with van der Waals surface area (Å²) in [6.07, 6.45) is 0.0300. The van der Waals surface area contributed by atoms with Crippen molar-refractivity contribution < 1.29 is 14.8 Å². The van der Waals surface area contributed by atoms with Gasteiger partial charge in [0.2, 0.25) is 0 Å². The minimum absolute atomic E-state index is 0.0300. The summed E-state index contributed by atoms with van der Waals surface area (Å²) in [4.78, 5) is 22.5. The lowest BCUT2D eigenvalue weighted by Crippen LogP contribution is -1.98. The Morgan fingerprint density at radius 3 is 2.45 bits per heavy atom. The molecule has 0 saturated heterocycles. The number of nitro groups is 1. The first-order chi connectivity index (χ1) is 9.54. The van der Waals surface area contributed by atoms with Crippen molar-refractivity contribution in [2.45, 2.75) is 13.0 Å². The van der Waals surface area contributed by atoms with E-state index in [0.717, 1.165) is 15.4 Å². The van der Waals surface area contributed by atoms with Crippen LogP contribution in [0.2, 0.25) is 0 Å². The summed E-state index contributed by atoms with van der Waals surface area (Å²) < 4.78 is 0. The van der Waals surface area contributed by atoms with Gasteiger partial charge < -0.3 is 10.4 Å². The smallest absolute Gasteiger partial charge is 0.308 e. The third-order valence-electron chi connectivity index (χ3n) is 2.59. The molecule has 2 aromatic rings. The van der Waals surface area contributed by atoms with E-state index >= 15 is 0 Å². The van der Waals surface area contributed by atoms with Gasteiger partial charge in [-0.3, -0.25) is 14.9 Å². The number of aliphatic carboxylic acids is 1. The molecule has 1 heterocycles. The molecule has 1 aromatic carbocycles. The summed E-state index contributed by atoms with van der Waals surface area (Å²) in [5.74, 6) is -0.846. The van der Waals surface area contributed by atoms with Gasteiger partial charge in [0.05, 0.1) is 11.3 Å². The van der Waals surface area contributed by atoms with Crippen molar-refractivity contribution in [1.82, 2.24) is 0 Å². The molecule has 1 aromatic heterocycles. The predicted molar refractivity (Wildman–Crippen MR) is 76.1 cm³/mol. The van der Waals surface area contributed by atoms with E-state index in [0.29, 0.717) is 6.54 Å². The molecule has 2 rings (SSSR count). The second kappa shape index (κ2) is 6.16. The molecule has 0 saturated carbocycles. The number of benzene rings is 1. The maximum absolute atomic E-state index is 10.6. The number of carbonyl (C=O) groups is 1. The van der Waals surface area contributed by atoms with Gasteiger partial charge in [-0.15, -0.1) is 11.3 Å². The first-order valence-corrected chi connectivity index (χ1v) is 6.64. The zero-order chi connectivity index (χ0) is 14.5. The van der Waals surface area contributed by atoms with Gasteiger partial charge in [-0.05, 0) is 24.3 Å². The molecular weight excluding hydrogens is 280 g/mol. The molecule has 7 heteroatoms. The molecule has 2 N–H and O–H groups in total. The topological polar surface area (TPSA) is 92.5 Å². The maximum atomic E-state index is 10.6. The van der Waals surface area contributed by atoms with E-state index in [4.69, 9.17) is 5.11 Å². The molecule has 0 radical (unpaired) electrons. The van der Waals surface area contributed by atoms with E-state index in [1.807, 2.05) is 6.07 Å². The number of carboxylic acid groups (broad SMARTS) is 1. The zero-order valence-corrected chi connectivity index (χ0v) is 11.2. The molecule has 0 fully saturated rings. The number of nitrogens with zero attached hydrogens (tertiary/aromatic N) is 1. The summed E-state index contributed by atoms with van der Waals surface area (Å²) in [5.41, 5.74) is 0.833. The number of hydrogen-bond acceptors (Lipinski definition) is 5. The monoisotopic (exact) mass is 292 g/mol. The lowest BCUT2D eigenvalue weighted by Gasteiger charge is -2.03. The van der Waals surface area contributed by atoms with Gasteiger partial charge in [0.15, 0.2) is 0 Å². The zero-order valence-electron chi connectivity index (χ0n) is 10.4. The van der Waals surface area contributed by atoms with E-state index in [2.05, 4.69) is 5.32 Å². The van der Waals surface area contributed by atoms with Crippen molar-refractivity contribution >= 4 is 28.7 Å². The molecule has 0 amide bonds. The molecule has 0 bridgehead atoms. The Labute approximate surface area is 118 Å². The van der Waals surface area contributed by atoms with Crippen LogP contribution in [-0.4, -0.2) is 16.0 Å². The lowest BCUT2D eigenvalue weighted by molar-refractivity contribution is -0.384. The minimum atomic E-state index is -0.846. The third-order valence-corrected chi connectivity index (χ3v) is 3.67. The van der Waals surface area contributed by atoms with Gasteiger partial charge in [-0.25, -0.2) is 0 Å². The molecule has 0 unspecified atom stereocenters. The van der Waals surface area contributed by atoms with Crippen LogP contribution in [-0.2, 0) is 17.8 Å². The molecule has 0 aliphatic rings. The van der Waals surface area contributed by atoms with Crippen LogP contribution in [0.1, 0.15) is 9.75 Å². The fraction of sp³-hybridized carbons (Fsp3) is 0.154. The average Bonchev–Trinajstić information content (AvgIpc) is 2.83. The Bertz CT molecular complexity index is 622. The van der Waals surface area contributed by atoms with Crippen molar-refractivity contribution in [2.75, 3.05) is 5.32 Å². The van der Waals surface area contributed by atoms with Crippen LogP contribution in [0, 0.1) is 10.1 Å². The van der Waals surface area contributed by atoms with Crippen LogP contribution in [0.3, 0.4) is 0 Å². The number of thiophene rings is 1. The van der Waals surface area contributed by atoms with E-state index in [1.54, 1.807) is 18.2 Å². The van der Waals surface area contributed by atoms with Crippen molar-refractivity contribution in [3.8, 4) is 0 Å². The fourth-order valence-corrected chi connectivity index (χ4v) is 2.60. The summed E-state index contributed by atoms with van der Waals surface area (Å²) >= 11 is 1.44. The van der Waals surface area contributed by atoms with Crippen LogP contribution in [0.5, 0.6) is 0 Å². The van der Waals surface area contributed by atoms with Gasteiger partial charge in [-0.1, -0.05) is 0 Å². The van der Waals surface area contributed by atoms with E-state index < -0.39 is 10.9 Å². The highest BCUT2D eigenvalue weighted by atomic mass is 32.1. The van der Waals surface area contributed by atoms with Gasteiger partial charge in [0.1, 0.15) is 0 Å². The number of carboxylic acids is 1. The molecule has 0 aliphatic carbocycles. The van der Waals surface area contributed by atoms with Gasteiger partial charge in [0.25, 0.3) is 5.69 Å². The van der Waals surface area contributed by atoms with Crippen molar-refractivity contribution in [3.63, 3.8) is 0 Å². The second-order valence-corrected chi connectivity index (χ2v) is 5.35. The SMILES string of the molecule is O=C(O)Cc1ccc(CNc2ccc([N+](=O)[O-])cc2)s1. The predicted octanol–water partition coefficient (Wildman–Crippen LogP) is 2.90. The number of rotatable bonds is 6. The Hall–Kier alpha value is -2.41. The number of hydrogen-bond donors (Lipinski definition) is 2. The molecule has 20 heavy (non-hydrogen) atoms. The highest BCUT2D eigenvalue weighted by Crippen LogP contribution is 2.20. The Balaban J connectivity index is 1.93. The standard InChI is InChI=1S/C13H12N2O4S/c16-13(17)7-11-5-6-12(20-11)8-14-9-1-3-10(4-2-9)15(18)19/h1-6,14H,7-8H2,(H,16,17). The highest BCUT2D eigenvalue weighted by molar-refractivity contribution is 7.12. The first-order valence-electron chi connectivity index (χ1n) is 5.82. The summed E-state index contributed by atoms with van der Waals surface area (Å²) in [6, 6.07) is 9.83. The Kier molecular flexibility index (Phi) is 4.31. The summed E-state index contributed by atoms with van der Waals surface area (Å²) in [5, 5.41) is 22.3. The van der Waals surface area contributed by atoms with Gasteiger partial charge in [0, 0.05) is 34.1 Å². The fourth-order valence-electron chi connectivity index (χ4n) is 1.65. The molecule has 0 spiro atoms. The highest BCUT2D eigenvalue weighted by Gasteiger charge is 2.06. The lowest BCUT2D eigenvalue weighted by atomic mass is 10.3. The van der Waals surface area contributed by atoms with Crippen LogP contribution in [0.15, 0.2) is 36.4 Å². The van der Waals surface area contributed by atoms with Crippen molar-refractivity contribution in [2.24, 2.45) is 0 Å². The molecular formula is C13H12N2O4S. The number of non-ortho nitro benzene ring substituents is 1. The van der Waals surface area contributed by atoms with Crippen LogP contribution in [0.25, 0.3) is 0 Å². The first kappa shape index (κ1) is 14.0. The van der Waals surface area contributed by atoms with Crippen LogP contribution < -0.4 is 5.32 Å². The summed E-state index contributed by atoms with van der Waals surface area (Å²) in [6.45, 7) is 0.558. The molecule has 0 atom stereocenters. The van der Waals surface area contributed by atoms with E-state index in [1.165, 1.54) is 23.5 Å². The summed E-state index contributed by atoms with van der Waals surface area (Å²) in [7, 11) is 0. The number of anilines is 1. The number of nitro benzene ring substituents is 1. The van der Waals surface area contributed by atoms with Crippen molar-refractivity contribution in [3.05, 3.63) is 56.3 Å². The second-order valence-electron chi connectivity index (χ2n) is 4.10. The van der Waals surface area contributed by atoms with Gasteiger partial charge >= 0.3 is 5.97 Å². The van der Waals surface area contributed by atoms with E-state index in [9.17, 15) is 14.9 Å². The van der Waals surface area contributed by atoms with Crippen molar-refractivity contribution in [1.29, 1.82) is 0 Å².